The molecule has 2 rings (SSSR count). The summed E-state index contributed by atoms with van der Waals surface area (Å²) in [6, 6.07) is 11.5. The van der Waals surface area contributed by atoms with E-state index in [-0.39, 0.29) is 6.61 Å². The third-order valence-electron chi connectivity index (χ3n) is 2.11. The Labute approximate surface area is 104 Å². The Morgan fingerprint density at radius 3 is 2.82 bits per heavy atom. The van der Waals surface area contributed by atoms with Crippen LogP contribution in [0.25, 0.3) is 0 Å². The standard InChI is InChI=1S/C13H12NO2S/c15-13(14-8-12-6-7-17-10-12)16-9-11-4-2-1-3-5-11/h1-8,10H,9H2,(H,14,15). The van der Waals surface area contributed by atoms with Gasteiger partial charge >= 0.3 is 6.09 Å². The highest BCUT2D eigenvalue weighted by molar-refractivity contribution is 7.08. The van der Waals surface area contributed by atoms with Crippen LogP contribution in [0.5, 0.6) is 0 Å². The monoisotopic (exact) mass is 246 g/mol. The zero-order chi connectivity index (χ0) is 11.9. The normalized spacial score (nSPS) is 9.88. The molecule has 2 aromatic rings. The maximum absolute atomic E-state index is 11.4. The average molecular weight is 246 g/mol. The molecule has 1 radical (unpaired) electrons. The fraction of sp³-hybridized carbons (Fsp3) is 0.0769. The highest BCUT2D eigenvalue weighted by Gasteiger charge is 2.02. The van der Waals surface area contributed by atoms with Crippen molar-refractivity contribution in [1.29, 1.82) is 0 Å². The van der Waals surface area contributed by atoms with E-state index >= 15 is 0 Å². The van der Waals surface area contributed by atoms with Crippen molar-refractivity contribution in [1.82, 2.24) is 5.32 Å². The summed E-state index contributed by atoms with van der Waals surface area (Å²) in [5, 5.41) is 6.46. The van der Waals surface area contributed by atoms with Crippen molar-refractivity contribution in [3.8, 4) is 0 Å². The van der Waals surface area contributed by atoms with Crippen molar-refractivity contribution in [2.24, 2.45) is 0 Å². The molecule has 1 N–H and O–H groups in total. The van der Waals surface area contributed by atoms with E-state index in [1.165, 1.54) is 0 Å². The lowest BCUT2D eigenvalue weighted by Crippen LogP contribution is -2.21. The van der Waals surface area contributed by atoms with Crippen LogP contribution in [0.4, 0.5) is 4.79 Å². The SMILES string of the molecule is O=C(N[CH]c1ccsc1)OCc1ccccc1. The van der Waals surface area contributed by atoms with Gasteiger partial charge in [-0.25, -0.2) is 4.79 Å². The summed E-state index contributed by atoms with van der Waals surface area (Å²) in [4.78, 5) is 11.4. The number of amides is 1. The lowest BCUT2D eigenvalue weighted by molar-refractivity contribution is 0.142. The van der Waals surface area contributed by atoms with E-state index in [4.69, 9.17) is 4.74 Å². The third kappa shape index (κ3) is 3.92. The Hall–Kier alpha value is -1.81. The topological polar surface area (TPSA) is 38.3 Å². The second-order valence-electron chi connectivity index (χ2n) is 3.41. The fourth-order valence-corrected chi connectivity index (χ4v) is 1.88. The first-order chi connectivity index (χ1) is 8.34. The fourth-order valence-electron chi connectivity index (χ4n) is 1.26. The smallest absolute Gasteiger partial charge is 0.408 e. The maximum atomic E-state index is 11.4. The first-order valence-electron chi connectivity index (χ1n) is 5.17. The summed E-state index contributed by atoms with van der Waals surface area (Å²) in [5.74, 6) is 0. The second kappa shape index (κ2) is 6.06. The number of hydrogen-bond donors (Lipinski definition) is 1. The number of carbonyl (C=O) groups excluding carboxylic acids is 1. The molecule has 1 heterocycles. The van der Waals surface area contributed by atoms with Crippen LogP contribution in [0.2, 0.25) is 0 Å². The van der Waals surface area contributed by atoms with Crippen LogP contribution in [0.3, 0.4) is 0 Å². The van der Waals surface area contributed by atoms with Gasteiger partial charge in [-0.1, -0.05) is 30.3 Å². The van der Waals surface area contributed by atoms with Crippen LogP contribution >= 0.6 is 11.3 Å². The molecule has 87 valence electrons. The van der Waals surface area contributed by atoms with E-state index in [1.807, 2.05) is 47.2 Å². The average Bonchev–Trinajstić information content (AvgIpc) is 2.88. The number of thiophene rings is 1. The molecule has 17 heavy (non-hydrogen) atoms. The van der Waals surface area contributed by atoms with Crippen molar-refractivity contribution in [2.45, 2.75) is 6.61 Å². The van der Waals surface area contributed by atoms with Gasteiger partial charge in [0.1, 0.15) is 6.61 Å². The Kier molecular flexibility index (Phi) is 4.16. The predicted octanol–water partition coefficient (Wildman–Crippen LogP) is 3.18. The maximum Gasteiger partial charge on any atom is 0.408 e. The lowest BCUT2D eigenvalue weighted by Gasteiger charge is -2.05. The Morgan fingerprint density at radius 1 is 1.29 bits per heavy atom. The van der Waals surface area contributed by atoms with E-state index in [0.29, 0.717) is 0 Å². The number of carbonyl (C=O) groups is 1. The molecule has 0 fully saturated rings. The van der Waals surface area contributed by atoms with E-state index in [2.05, 4.69) is 5.32 Å². The molecule has 0 bridgehead atoms. The molecule has 0 aliphatic heterocycles. The number of rotatable bonds is 4. The molecule has 3 nitrogen and oxygen atoms in total. The van der Waals surface area contributed by atoms with Gasteiger partial charge in [-0.3, -0.25) is 0 Å². The first kappa shape index (κ1) is 11.7. The number of hydrogen-bond acceptors (Lipinski definition) is 3. The van der Waals surface area contributed by atoms with Crippen LogP contribution in [0, 0.1) is 6.54 Å². The van der Waals surface area contributed by atoms with Crippen LogP contribution in [0.1, 0.15) is 11.1 Å². The molecule has 4 heteroatoms. The zero-order valence-electron chi connectivity index (χ0n) is 9.13. The minimum Gasteiger partial charge on any atom is -0.445 e. The zero-order valence-corrected chi connectivity index (χ0v) is 9.94. The van der Waals surface area contributed by atoms with Crippen LogP contribution in [0.15, 0.2) is 47.2 Å². The lowest BCUT2D eigenvalue weighted by atomic mass is 10.2. The molecular weight excluding hydrogens is 234 g/mol. The van der Waals surface area contributed by atoms with Crippen LogP contribution < -0.4 is 5.32 Å². The Morgan fingerprint density at radius 2 is 2.12 bits per heavy atom. The summed E-state index contributed by atoms with van der Waals surface area (Å²) in [5.41, 5.74) is 1.94. The van der Waals surface area contributed by atoms with Gasteiger partial charge in [-0.05, 0) is 28.0 Å². The number of alkyl carbamates (subject to hydrolysis) is 1. The quantitative estimate of drug-likeness (QED) is 0.899. The highest BCUT2D eigenvalue weighted by atomic mass is 32.1. The molecule has 1 aromatic heterocycles. The molecule has 0 spiro atoms. The molecule has 0 atom stereocenters. The molecule has 0 saturated carbocycles. The van der Waals surface area contributed by atoms with Gasteiger partial charge in [-0.15, -0.1) is 0 Å². The van der Waals surface area contributed by atoms with E-state index in [1.54, 1.807) is 17.9 Å². The van der Waals surface area contributed by atoms with Crippen molar-refractivity contribution < 1.29 is 9.53 Å². The molecule has 0 aliphatic rings. The van der Waals surface area contributed by atoms with Crippen molar-refractivity contribution in [3.05, 3.63) is 64.8 Å². The minimum absolute atomic E-state index is 0.282. The van der Waals surface area contributed by atoms with Crippen LogP contribution in [-0.4, -0.2) is 6.09 Å². The second-order valence-corrected chi connectivity index (χ2v) is 4.19. The molecule has 1 amide bonds. The molecular formula is C13H12NO2S. The number of ether oxygens (including phenoxy) is 1. The highest BCUT2D eigenvalue weighted by Crippen LogP contribution is 2.06. The van der Waals surface area contributed by atoms with Crippen LogP contribution in [-0.2, 0) is 11.3 Å². The summed E-state index contributed by atoms with van der Waals surface area (Å²) in [7, 11) is 0. The number of benzene rings is 1. The first-order valence-corrected chi connectivity index (χ1v) is 6.11. The minimum atomic E-state index is -0.444. The molecule has 0 aliphatic carbocycles. The largest absolute Gasteiger partial charge is 0.445 e. The summed E-state index contributed by atoms with van der Waals surface area (Å²) in [6.45, 7) is 1.91. The number of nitrogens with one attached hydrogen (secondary N) is 1. The van der Waals surface area contributed by atoms with Gasteiger partial charge in [0.05, 0.1) is 6.54 Å². The molecule has 1 aromatic carbocycles. The van der Waals surface area contributed by atoms with Gasteiger partial charge in [0.15, 0.2) is 0 Å². The summed E-state index contributed by atoms with van der Waals surface area (Å²) < 4.78 is 5.05. The van der Waals surface area contributed by atoms with Crippen molar-refractivity contribution >= 4 is 17.4 Å². The summed E-state index contributed by atoms with van der Waals surface area (Å²) >= 11 is 1.58. The van der Waals surface area contributed by atoms with Gasteiger partial charge < -0.3 is 10.1 Å². The summed E-state index contributed by atoms with van der Waals surface area (Å²) in [6.07, 6.45) is -0.444. The van der Waals surface area contributed by atoms with Gasteiger partial charge in [0, 0.05) is 0 Å². The van der Waals surface area contributed by atoms with Crippen molar-refractivity contribution in [3.63, 3.8) is 0 Å². The Bertz CT molecular complexity index is 454. The third-order valence-corrected chi connectivity index (χ3v) is 2.81. The predicted molar refractivity (Wildman–Crippen MR) is 67.5 cm³/mol. The Balaban J connectivity index is 1.71. The van der Waals surface area contributed by atoms with Gasteiger partial charge in [0.25, 0.3) is 0 Å². The van der Waals surface area contributed by atoms with Gasteiger partial charge in [0.2, 0.25) is 0 Å². The molecule has 0 saturated heterocycles. The molecule has 0 unspecified atom stereocenters. The van der Waals surface area contributed by atoms with E-state index in [0.717, 1.165) is 11.1 Å². The van der Waals surface area contributed by atoms with Crippen molar-refractivity contribution in [2.75, 3.05) is 0 Å². The van der Waals surface area contributed by atoms with E-state index in [9.17, 15) is 4.79 Å². The van der Waals surface area contributed by atoms with E-state index < -0.39 is 6.09 Å². The van der Waals surface area contributed by atoms with Gasteiger partial charge in [-0.2, -0.15) is 11.3 Å².